The molecule has 0 unspecified atom stereocenters. The van der Waals surface area contributed by atoms with Crippen LogP contribution in [0.5, 0.6) is 11.5 Å². The van der Waals surface area contributed by atoms with Gasteiger partial charge in [0.15, 0.2) is 10.1 Å². The topological polar surface area (TPSA) is 122 Å². The third kappa shape index (κ3) is 4.37. The van der Waals surface area contributed by atoms with Crippen molar-refractivity contribution < 1.29 is 24.4 Å². The molecule has 1 aliphatic rings. The number of carbonyl (C=O) groups excluding carboxylic acids is 2. The lowest BCUT2D eigenvalue weighted by atomic mass is 10.1. The summed E-state index contributed by atoms with van der Waals surface area (Å²) in [5, 5.41) is 22.4. The van der Waals surface area contributed by atoms with Crippen molar-refractivity contribution >= 4 is 63.5 Å². The predicted octanol–water partition coefficient (Wildman–Crippen LogP) is 3.51. The molecule has 2 amide bonds. The molecule has 12 heteroatoms. The van der Waals surface area contributed by atoms with Gasteiger partial charge in [0.05, 0.1) is 16.9 Å². The fraction of sp³-hybridized carbons (Fsp3) is 0.0556. The summed E-state index contributed by atoms with van der Waals surface area (Å²) in [7, 11) is 1.24. The van der Waals surface area contributed by atoms with E-state index in [1.54, 1.807) is 0 Å². The van der Waals surface area contributed by atoms with Gasteiger partial charge in [-0.1, -0.05) is 23.4 Å². The molecule has 1 fully saturated rings. The number of rotatable bonds is 5. The van der Waals surface area contributed by atoms with Gasteiger partial charge in [0.25, 0.3) is 11.8 Å². The number of thiocarbonyl (C=S) groups is 1. The Balaban J connectivity index is 1.86. The second-order valence-corrected chi connectivity index (χ2v) is 7.93. The van der Waals surface area contributed by atoms with Crippen LogP contribution in [0.4, 0.5) is 5.69 Å². The van der Waals surface area contributed by atoms with Crippen molar-refractivity contribution in [2.24, 2.45) is 0 Å². The summed E-state index contributed by atoms with van der Waals surface area (Å²) < 4.78 is 5.02. The van der Waals surface area contributed by atoms with Gasteiger partial charge >= 0.3 is 5.69 Å². The van der Waals surface area contributed by atoms with Gasteiger partial charge in [-0.05, 0) is 54.2 Å². The highest BCUT2D eigenvalue weighted by atomic mass is 35.5. The predicted molar refractivity (Wildman–Crippen MR) is 115 cm³/mol. The summed E-state index contributed by atoms with van der Waals surface area (Å²) in [5.41, 5.74) is 2.35. The number of aromatic hydroxyl groups is 1. The number of nitro benzene ring substituents is 1. The Labute approximate surface area is 184 Å². The SMILES string of the molecule is COc1cc(/C=C2\SC(=S)N(NC(=O)c3ccc(Cl)cc3)C2=O)cc([N+](=O)[O-])c1O. The number of benzene rings is 2. The van der Waals surface area contributed by atoms with Crippen molar-refractivity contribution in [2.45, 2.75) is 0 Å². The first kappa shape index (κ1) is 21.6. The number of thioether (sulfide) groups is 1. The highest BCUT2D eigenvalue weighted by Crippen LogP contribution is 2.39. The minimum Gasteiger partial charge on any atom is -0.500 e. The summed E-state index contributed by atoms with van der Waals surface area (Å²) in [6.45, 7) is 0. The monoisotopic (exact) mass is 465 g/mol. The maximum absolute atomic E-state index is 12.7. The molecular formula is C18H12ClN3O6S2. The molecule has 0 aliphatic carbocycles. The Kier molecular flexibility index (Phi) is 6.25. The molecule has 1 aliphatic heterocycles. The molecule has 1 saturated heterocycles. The van der Waals surface area contributed by atoms with E-state index < -0.39 is 28.2 Å². The Bertz CT molecular complexity index is 1100. The van der Waals surface area contributed by atoms with E-state index in [-0.39, 0.29) is 26.1 Å². The van der Waals surface area contributed by atoms with Crippen molar-refractivity contribution in [3.63, 3.8) is 0 Å². The highest BCUT2D eigenvalue weighted by molar-refractivity contribution is 8.26. The molecule has 0 saturated carbocycles. The smallest absolute Gasteiger partial charge is 0.315 e. The maximum Gasteiger partial charge on any atom is 0.315 e. The molecule has 0 spiro atoms. The summed E-state index contributed by atoms with van der Waals surface area (Å²) in [6, 6.07) is 8.48. The van der Waals surface area contributed by atoms with Crippen molar-refractivity contribution in [3.8, 4) is 11.5 Å². The van der Waals surface area contributed by atoms with Gasteiger partial charge in [-0.2, -0.15) is 5.01 Å². The average molecular weight is 466 g/mol. The van der Waals surface area contributed by atoms with Crippen LogP contribution in [0.1, 0.15) is 15.9 Å². The first-order chi connectivity index (χ1) is 14.2. The normalized spacial score (nSPS) is 14.9. The van der Waals surface area contributed by atoms with Crippen molar-refractivity contribution in [2.75, 3.05) is 7.11 Å². The Hall–Kier alpha value is -3.15. The largest absolute Gasteiger partial charge is 0.500 e. The number of ether oxygens (including phenoxy) is 1. The molecule has 9 nitrogen and oxygen atoms in total. The fourth-order valence-electron chi connectivity index (χ4n) is 2.47. The van der Waals surface area contributed by atoms with E-state index >= 15 is 0 Å². The average Bonchev–Trinajstić information content (AvgIpc) is 2.96. The van der Waals surface area contributed by atoms with Crippen molar-refractivity contribution in [1.29, 1.82) is 0 Å². The van der Waals surface area contributed by atoms with Gasteiger partial charge in [0, 0.05) is 16.7 Å². The first-order valence-corrected chi connectivity index (χ1v) is 9.71. The number of halogens is 1. The van der Waals surface area contributed by atoms with E-state index in [4.69, 9.17) is 28.6 Å². The van der Waals surface area contributed by atoms with Gasteiger partial charge in [-0.25, -0.2) is 0 Å². The molecule has 0 bridgehead atoms. The zero-order valence-electron chi connectivity index (χ0n) is 15.1. The molecule has 0 atom stereocenters. The van der Waals surface area contributed by atoms with Gasteiger partial charge in [-0.15, -0.1) is 0 Å². The number of hydrazine groups is 1. The second-order valence-electron chi connectivity index (χ2n) is 5.81. The van der Waals surface area contributed by atoms with E-state index in [1.165, 1.54) is 43.5 Å². The second kappa shape index (κ2) is 8.69. The summed E-state index contributed by atoms with van der Waals surface area (Å²) >= 11 is 11.9. The number of nitro groups is 1. The van der Waals surface area contributed by atoms with E-state index in [0.717, 1.165) is 22.8 Å². The van der Waals surface area contributed by atoms with Gasteiger partial charge in [0.2, 0.25) is 5.75 Å². The standard InChI is InChI=1S/C18H12ClN3O6S2/c1-28-13-7-9(6-12(15(13)23)22(26)27)8-14-17(25)21(18(29)30-14)20-16(24)10-2-4-11(19)5-3-10/h2-8,23H,1H3,(H,20,24)/b14-8-. The highest BCUT2D eigenvalue weighted by Gasteiger charge is 2.34. The van der Waals surface area contributed by atoms with E-state index in [9.17, 15) is 24.8 Å². The third-order valence-electron chi connectivity index (χ3n) is 3.91. The Morgan fingerprint density at radius 1 is 1.37 bits per heavy atom. The summed E-state index contributed by atoms with van der Waals surface area (Å²) in [5.74, 6) is -1.92. The Morgan fingerprint density at radius 3 is 2.63 bits per heavy atom. The van der Waals surface area contributed by atoms with Gasteiger partial charge in [-0.3, -0.25) is 25.1 Å². The zero-order chi connectivity index (χ0) is 22.0. The van der Waals surface area contributed by atoms with E-state index in [2.05, 4.69) is 5.43 Å². The lowest BCUT2D eigenvalue weighted by molar-refractivity contribution is -0.386. The summed E-state index contributed by atoms with van der Waals surface area (Å²) in [6.07, 6.45) is 1.35. The number of hydrogen-bond acceptors (Lipinski definition) is 8. The van der Waals surface area contributed by atoms with Crippen LogP contribution in [-0.2, 0) is 4.79 Å². The van der Waals surface area contributed by atoms with Crippen LogP contribution in [0.2, 0.25) is 5.02 Å². The number of phenols is 1. The molecule has 2 N–H and O–H groups in total. The summed E-state index contributed by atoms with van der Waals surface area (Å²) in [4.78, 5) is 35.5. The number of nitrogens with zero attached hydrogens (tertiary/aromatic N) is 2. The quantitative estimate of drug-likeness (QED) is 0.298. The van der Waals surface area contributed by atoms with Crippen LogP contribution >= 0.6 is 35.6 Å². The number of phenolic OH excluding ortho intramolecular Hbond substituents is 1. The van der Waals surface area contributed by atoms with Crippen molar-refractivity contribution in [3.05, 3.63) is 67.6 Å². The maximum atomic E-state index is 12.7. The van der Waals surface area contributed by atoms with Crippen LogP contribution in [0.15, 0.2) is 41.3 Å². The van der Waals surface area contributed by atoms with Gasteiger partial charge in [0.1, 0.15) is 0 Å². The van der Waals surface area contributed by atoms with Crippen LogP contribution in [0, 0.1) is 10.1 Å². The number of methoxy groups -OCH3 is 1. The molecule has 2 aromatic rings. The molecule has 1 heterocycles. The van der Waals surface area contributed by atoms with Crippen LogP contribution in [0.25, 0.3) is 6.08 Å². The molecule has 30 heavy (non-hydrogen) atoms. The number of amides is 2. The van der Waals surface area contributed by atoms with Crippen LogP contribution in [-0.4, -0.2) is 38.3 Å². The fourth-order valence-corrected chi connectivity index (χ4v) is 3.78. The number of carbonyl (C=O) groups is 2. The molecule has 0 aromatic heterocycles. The van der Waals surface area contributed by atoms with E-state index in [0.29, 0.717) is 5.02 Å². The van der Waals surface area contributed by atoms with E-state index in [1.807, 2.05) is 0 Å². The number of hydrogen-bond donors (Lipinski definition) is 2. The lowest BCUT2D eigenvalue weighted by Gasteiger charge is -2.15. The first-order valence-electron chi connectivity index (χ1n) is 8.11. The third-order valence-corrected chi connectivity index (χ3v) is 5.46. The number of nitrogens with one attached hydrogen (secondary N) is 1. The molecular weight excluding hydrogens is 454 g/mol. The molecule has 154 valence electrons. The van der Waals surface area contributed by atoms with Crippen LogP contribution < -0.4 is 10.2 Å². The van der Waals surface area contributed by atoms with Crippen molar-refractivity contribution in [1.82, 2.24) is 10.4 Å². The lowest BCUT2D eigenvalue weighted by Crippen LogP contribution is -2.44. The zero-order valence-corrected chi connectivity index (χ0v) is 17.5. The van der Waals surface area contributed by atoms with Gasteiger partial charge < -0.3 is 9.84 Å². The van der Waals surface area contributed by atoms with Crippen LogP contribution in [0.3, 0.4) is 0 Å². The Morgan fingerprint density at radius 2 is 2.03 bits per heavy atom. The molecule has 2 aromatic carbocycles. The molecule has 0 radical (unpaired) electrons. The molecule has 3 rings (SSSR count). The minimum atomic E-state index is -0.771. The minimum absolute atomic E-state index is 0.0776.